The van der Waals surface area contributed by atoms with Gasteiger partial charge in [-0.2, -0.15) is 0 Å². The zero-order chi connectivity index (χ0) is 17.6. The molecule has 2 rings (SSSR count). The lowest BCUT2D eigenvalue weighted by Gasteiger charge is -2.13. The molecule has 2 aliphatic carbocycles. The molecule has 4 heteroatoms. The molecule has 0 aromatic rings. The first-order valence-electron chi connectivity index (χ1n) is 9.65. The summed E-state index contributed by atoms with van der Waals surface area (Å²) in [4.78, 5) is 21.7. The number of esters is 2. The van der Waals surface area contributed by atoms with Crippen molar-refractivity contribution in [3.05, 3.63) is 11.6 Å². The van der Waals surface area contributed by atoms with E-state index >= 15 is 0 Å². The van der Waals surface area contributed by atoms with Gasteiger partial charge < -0.3 is 9.47 Å². The SMILES string of the molecule is CC(=O)OC1CCCCCC1.CCOC(=O)C=C1CCCCCC1. The predicted molar refractivity (Wildman–Crippen MR) is 95.7 cm³/mol. The lowest BCUT2D eigenvalue weighted by atomic mass is 10.1. The maximum atomic E-state index is 11.1. The van der Waals surface area contributed by atoms with Crippen LogP contribution >= 0.6 is 0 Å². The van der Waals surface area contributed by atoms with Crippen molar-refractivity contribution in [2.45, 2.75) is 97.0 Å². The Balaban J connectivity index is 0.000000243. The number of ether oxygens (including phenoxy) is 2. The molecule has 0 aromatic carbocycles. The minimum absolute atomic E-state index is 0.128. The lowest BCUT2D eigenvalue weighted by Crippen LogP contribution is -2.14. The van der Waals surface area contributed by atoms with Gasteiger partial charge in [0, 0.05) is 13.0 Å². The zero-order valence-electron chi connectivity index (χ0n) is 15.5. The Morgan fingerprint density at radius 2 is 1.50 bits per heavy atom. The molecule has 0 spiro atoms. The van der Waals surface area contributed by atoms with Crippen LogP contribution in [0.1, 0.15) is 90.9 Å². The van der Waals surface area contributed by atoms with E-state index in [1.807, 2.05) is 6.92 Å². The number of carbonyl (C=O) groups excluding carboxylic acids is 2. The lowest BCUT2D eigenvalue weighted by molar-refractivity contribution is -0.146. The molecule has 0 saturated heterocycles. The number of carbonyl (C=O) groups is 2. The minimum atomic E-state index is -0.167. The second-order valence-corrected chi connectivity index (χ2v) is 6.69. The Labute approximate surface area is 147 Å². The van der Waals surface area contributed by atoms with Crippen molar-refractivity contribution < 1.29 is 19.1 Å². The van der Waals surface area contributed by atoms with Crippen LogP contribution in [0.3, 0.4) is 0 Å². The van der Waals surface area contributed by atoms with E-state index in [1.54, 1.807) is 6.08 Å². The monoisotopic (exact) mass is 338 g/mol. The number of hydrogen-bond acceptors (Lipinski definition) is 4. The maximum absolute atomic E-state index is 11.1. The van der Waals surface area contributed by atoms with E-state index in [-0.39, 0.29) is 18.0 Å². The fourth-order valence-electron chi connectivity index (χ4n) is 3.27. The van der Waals surface area contributed by atoms with E-state index in [9.17, 15) is 9.59 Å². The van der Waals surface area contributed by atoms with Gasteiger partial charge in [-0.3, -0.25) is 4.79 Å². The van der Waals surface area contributed by atoms with Crippen LogP contribution in [0.4, 0.5) is 0 Å². The molecule has 0 amide bonds. The van der Waals surface area contributed by atoms with Gasteiger partial charge in [0.1, 0.15) is 6.10 Å². The van der Waals surface area contributed by atoms with E-state index in [1.165, 1.54) is 63.9 Å². The highest BCUT2D eigenvalue weighted by Gasteiger charge is 2.13. The van der Waals surface area contributed by atoms with Gasteiger partial charge in [-0.1, -0.05) is 31.3 Å². The summed E-state index contributed by atoms with van der Waals surface area (Å²) in [6, 6.07) is 0. The number of allylic oxidation sites excluding steroid dienone is 1. The van der Waals surface area contributed by atoms with Crippen LogP contribution in [-0.4, -0.2) is 24.6 Å². The molecule has 2 aliphatic rings. The van der Waals surface area contributed by atoms with Crippen LogP contribution in [0.15, 0.2) is 11.6 Å². The van der Waals surface area contributed by atoms with Gasteiger partial charge in [-0.15, -0.1) is 0 Å². The fourth-order valence-corrected chi connectivity index (χ4v) is 3.27. The van der Waals surface area contributed by atoms with E-state index < -0.39 is 0 Å². The average Bonchev–Trinajstić information content (AvgIpc) is 2.92. The number of hydrogen-bond donors (Lipinski definition) is 0. The molecule has 2 saturated carbocycles. The first kappa shape index (κ1) is 20.7. The molecule has 0 aromatic heterocycles. The molecular formula is C20H34O4. The molecule has 24 heavy (non-hydrogen) atoms. The molecule has 2 fully saturated rings. The summed E-state index contributed by atoms with van der Waals surface area (Å²) in [7, 11) is 0. The van der Waals surface area contributed by atoms with Gasteiger partial charge in [0.15, 0.2) is 0 Å². The van der Waals surface area contributed by atoms with Crippen LogP contribution in [0.5, 0.6) is 0 Å². The van der Waals surface area contributed by atoms with Gasteiger partial charge in [-0.05, 0) is 58.3 Å². The van der Waals surface area contributed by atoms with Crippen LogP contribution in [0.2, 0.25) is 0 Å². The maximum Gasteiger partial charge on any atom is 0.330 e. The summed E-state index contributed by atoms with van der Waals surface area (Å²) >= 11 is 0. The molecule has 0 N–H and O–H groups in total. The van der Waals surface area contributed by atoms with Crippen molar-refractivity contribution in [2.75, 3.05) is 6.61 Å². The third-order valence-corrected chi connectivity index (χ3v) is 4.49. The normalized spacial score (nSPS) is 19.2. The van der Waals surface area contributed by atoms with Crippen LogP contribution in [0, 0.1) is 0 Å². The Hall–Kier alpha value is -1.32. The highest BCUT2D eigenvalue weighted by atomic mass is 16.5. The Morgan fingerprint density at radius 1 is 0.958 bits per heavy atom. The molecule has 0 bridgehead atoms. The Bertz CT molecular complexity index is 382. The van der Waals surface area contributed by atoms with E-state index in [2.05, 4.69) is 0 Å². The van der Waals surface area contributed by atoms with Crippen molar-refractivity contribution in [2.24, 2.45) is 0 Å². The standard InChI is InChI=1S/C11H18O2.C9H16O2/c1-2-13-11(12)9-10-7-5-3-4-6-8-10;1-8(10)11-9-6-4-2-3-5-7-9/h9H,2-8H2,1H3;9H,2-7H2,1H3. The van der Waals surface area contributed by atoms with E-state index in [0.29, 0.717) is 6.61 Å². The molecule has 0 unspecified atom stereocenters. The first-order valence-corrected chi connectivity index (χ1v) is 9.65. The highest BCUT2D eigenvalue weighted by Crippen LogP contribution is 2.22. The van der Waals surface area contributed by atoms with Crippen molar-refractivity contribution >= 4 is 11.9 Å². The Morgan fingerprint density at radius 3 is 2.00 bits per heavy atom. The minimum Gasteiger partial charge on any atom is -0.463 e. The van der Waals surface area contributed by atoms with Gasteiger partial charge >= 0.3 is 11.9 Å². The second-order valence-electron chi connectivity index (χ2n) is 6.69. The van der Waals surface area contributed by atoms with Crippen LogP contribution in [0.25, 0.3) is 0 Å². The average molecular weight is 338 g/mol. The van der Waals surface area contributed by atoms with Crippen molar-refractivity contribution in [1.29, 1.82) is 0 Å². The smallest absolute Gasteiger partial charge is 0.330 e. The zero-order valence-corrected chi connectivity index (χ0v) is 15.5. The summed E-state index contributed by atoms with van der Waals surface area (Å²) < 4.78 is 10.0. The number of rotatable bonds is 3. The van der Waals surface area contributed by atoms with Crippen LogP contribution < -0.4 is 0 Å². The highest BCUT2D eigenvalue weighted by molar-refractivity contribution is 5.82. The van der Waals surface area contributed by atoms with E-state index in [0.717, 1.165) is 25.7 Å². The predicted octanol–water partition coefficient (Wildman–Crippen LogP) is 5.10. The third kappa shape index (κ3) is 10.5. The van der Waals surface area contributed by atoms with Crippen molar-refractivity contribution in [3.8, 4) is 0 Å². The molecule has 138 valence electrons. The molecular weight excluding hydrogens is 304 g/mol. The molecule has 0 aliphatic heterocycles. The quantitative estimate of drug-likeness (QED) is 0.408. The molecule has 4 nitrogen and oxygen atoms in total. The van der Waals surface area contributed by atoms with Gasteiger partial charge in [0.25, 0.3) is 0 Å². The van der Waals surface area contributed by atoms with Crippen molar-refractivity contribution in [1.82, 2.24) is 0 Å². The largest absolute Gasteiger partial charge is 0.463 e. The van der Waals surface area contributed by atoms with Gasteiger partial charge in [-0.25, -0.2) is 4.79 Å². The van der Waals surface area contributed by atoms with Gasteiger partial charge in [0.2, 0.25) is 0 Å². The first-order chi connectivity index (χ1) is 11.6. The molecule has 0 heterocycles. The molecule has 0 radical (unpaired) electrons. The topological polar surface area (TPSA) is 52.6 Å². The third-order valence-electron chi connectivity index (χ3n) is 4.49. The molecule has 0 atom stereocenters. The summed E-state index contributed by atoms with van der Waals surface area (Å²) in [6.07, 6.45) is 16.3. The van der Waals surface area contributed by atoms with Crippen molar-refractivity contribution in [3.63, 3.8) is 0 Å². The summed E-state index contributed by atoms with van der Waals surface area (Å²) in [5.41, 5.74) is 1.27. The Kier molecular flexibility index (Phi) is 11.2. The fraction of sp³-hybridized carbons (Fsp3) is 0.800. The summed E-state index contributed by atoms with van der Waals surface area (Å²) in [5, 5.41) is 0. The summed E-state index contributed by atoms with van der Waals surface area (Å²) in [5.74, 6) is -0.295. The van der Waals surface area contributed by atoms with Gasteiger partial charge in [0.05, 0.1) is 6.61 Å². The second kappa shape index (κ2) is 13.0. The van der Waals surface area contributed by atoms with E-state index in [4.69, 9.17) is 9.47 Å². The van der Waals surface area contributed by atoms with Crippen LogP contribution in [-0.2, 0) is 19.1 Å². The summed E-state index contributed by atoms with van der Waals surface area (Å²) in [6.45, 7) is 3.80.